The molecule has 0 N–H and O–H groups in total. The van der Waals surface area contributed by atoms with Crippen molar-refractivity contribution in [2.45, 2.75) is 35.6 Å². The molecule has 0 aromatic carbocycles. The molecule has 0 bridgehead atoms. The molecule has 0 aliphatic rings. The maximum Gasteiger partial charge on any atom is -0.107 e. The van der Waals surface area contributed by atoms with Crippen LogP contribution < -0.4 is 0 Å². The van der Waals surface area contributed by atoms with Crippen molar-refractivity contribution >= 4 is 69.1 Å². The van der Waals surface area contributed by atoms with E-state index in [2.05, 4.69) is 13.8 Å². The molecular weight excluding hydrogens is 445 g/mol. The van der Waals surface area contributed by atoms with Gasteiger partial charge in [-0.3, -0.25) is 0 Å². The molecule has 0 amide bonds. The Morgan fingerprint density at radius 1 is 0.889 bits per heavy atom. The molecule has 0 saturated heterocycles. The van der Waals surface area contributed by atoms with E-state index in [4.69, 9.17) is 0 Å². The fraction of sp³-hybridized carbons (Fsp3) is 1.00. The van der Waals surface area contributed by atoms with Gasteiger partial charge in [-0.15, -0.1) is 48.0 Å². The Bertz CT molecular complexity index is 30.2. The van der Waals surface area contributed by atoms with Crippen molar-refractivity contribution in [3.63, 3.8) is 0 Å². The van der Waals surface area contributed by atoms with Gasteiger partial charge in [0.05, 0.1) is 0 Å². The quantitative estimate of drug-likeness (QED) is 0.342. The first-order chi connectivity index (χ1) is 3.41. The maximum atomic E-state index is 2.29. The zero-order valence-corrected chi connectivity index (χ0v) is 13.7. The molecule has 0 aromatic heterocycles. The number of hydrogen-bond donors (Lipinski definition) is 0. The van der Waals surface area contributed by atoms with Gasteiger partial charge in [-0.1, -0.05) is 0 Å². The smallest absolute Gasteiger partial charge is 0.107 e. The van der Waals surface area contributed by atoms with Crippen LogP contribution in [0.5, 0.6) is 0 Å². The Balaban J connectivity index is -0.000000180. The van der Waals surface area contributed by atoms with Crippen LogP contribution in [0.15, 0.2) is 0 Å². The molecule has 3 heteroatoms. The van der Waals surface area contributed by atoms with Crippen LogP contribution in [0.3, 0.4) is 0 Å². The van der Waals surface area contributed by atoms with E-state index >= 15 is 0 Å². The molecule has 0 saturated carbocycles. The third-order valence-corrected chi connectivity index (χ3v) is 5.73. The van der Waals surface area contributed by atoms with Crippen molar-refractivity contribution in [3.8, 4) is 0 Å². The first-order valence-corrected chi connectivity index (χ1v) is 7.16. The second-order valence-corrected chi connectivity index (χ2v) is 6.03. The van der Waals surface area contributed by atoms with Crippen LogP contribution in [-0.2, 0) is 0 Å². The summed E-state index contributed by atoms with van der Waals surface area (Å²) in [6.07, 6.45) is 2.87. The fourth-order valence-electron chi connectivity index (χ4n) is 0.479. The van der Waals surface area contributed by atoms with E-state index in [9.17, 15) is 0 Å². The first kappa shape index (κ1) is 17.4. The molecular formula is C6H16I2Sn. The third kappa shape index (κ3) is 17.9. The molecule has 0 heterocycles. The minimum atomic E-state index is 0. The van der Waals surface area contributed by atoms with Crippen molar-refractivity contribution < 1.29 is 0 Å². The van der Waals surface area contributed by atoms with E-state index in [-0.39, 0.29) is 69.1 Å². The van der Waals surface area contributed by atoms with Crippen LogP contribution in [0.25, 0.3) is 0 Å². The summed E-state index contributed by atoms with van der Waals surface area (Å²) in [7, 11) is 0. The van der Waals surface area contributed by atoms with E-state index in [1.165, 1.54) is 12.8 Å². The Hall–Kier alpha value is 2.26. The van der Waals surface area contributed by atoms with Crippen molar-refractivity contribution in [2.75, 3.05) is 0 Å². The maximum absolute atomic E-state index is 2.29. The van der Waals surface area contributed by atoms with E-state index in [1.54, 1.807) is 8.87 Å². The average Bonchev–Trinajstić information content (AvgIpc) is 1.69. The van der Waals surface area contributed by atoms with Crippen molar-refractivity contribution in [1.82, 2.24) is 0 Å². The Labute approximate surface area is 103 Å². The van der Waals surface area contributed by atoms with Crippen molar-refractivity contribution in [2.24, 2.45) is 0 Å². The fourth-order valence-corrected chi connectivity index (χ4v) is 3.21. The summed E-state index contributed by atoms with van der Waals surface area (Å²) in [4.78, 5) is 0. The zero-order chi connectivity index (χ0) is 5.54. The summed E-state index contributed by atoms with van der Waals surface area (Å²) in [5, 5.41) is 0. The van der Waals surface area contributed by atoms with Crippen LogP contribution in [0.1, 0.15) is 26.7 Å². The van der Waals surface area contributed by atoms with Gasteiger partial charge in [0.2, 0.25) is 0 Å². The standard InChI is InChI=1S/2C3H7.2HI.Sn/c2*1-3-2;;;/h2*1,3H2,2H3;2*1H;. The van der Waals surface area contributed by atoms with Gasteiger partial charge in [0.15, 0.2) is 0 Å². The van der Waals surface area contributed by atoms with E-state index in [0.717, 1.165) is 0 Å². The molecule has 58 valence electrons. The zero-order valence-electron chi connectivity index (χ0n) is 6.14. The van der Waals surface area contributed by atoms with Crippen LogP contribution in [-0.4, -0.2) is 21.1 Å². The molecule has 9 heavy (non-hydrogen) atoms. The Morgan fingerprint density at radius 2 is 1.22 bits per heavy atom. The second-order valence-electron chi connectivity index (χ2n) is 1.75. The topological polar surface area (TPSA) is 0 Å². The molecule has 0 aliphatic carbocycles. The third-order valence-electron chi connectivity index (χ3n) is 0.854. The number of rotatable bonds is 4. The number of halogens is 2. The van der Waals surface area contributed by atoms with Gasteiger partial charge < -0.3 is 0 Å². The largest absolute Gasteiger partial charge is 0.107 e. The van der Waals surface area contributed by atoms with Crippen LogP contribution in [0.2, 0.25) is 8.87 Å². The predicted molar refractivity (Wildman–Crippen MR) is 66.8 cm³/mol. The van der Waals surface area contributed by atoms with Crippen LogP contribution >= 0.6 is 48.0 Å². The van der Waals surface area contributed by atoms with Crippen molar-refractivity contribution in [3.05, 3.63) is 0 Å². The summed E-state index contributed by atoms with van der Waals surface area (Å²) < 4.78 is 3.19. The number of hydrogen-bond acceptors (Lipinski definition) is 0. The van der Waals surface area contributed by atoms with Crippen LogP contribution in [0, 0.1) is 0 Å². The SMILES string of the molecule is CC[CH2][Sn][CH2]CC.I.I. The molecule has 0 aliphatic heterocycles. The van der Waals surface area contributed by atoms with Crippen LogP contribution in [0.4, 0.5) is 0 Å². The summed E-state index contributed by atoms with van der Waals surface area (Å²) in [6, 6.07) is 0. The summed E-state index contributed by atoms with van der Waals surface area (Å²) in [5.74, 6) is 0. The van der Waals surface area contributed by atoms with E-state index in [0.29, 0.717) is 0 Å². The molecule has 0 unspecified atom stereocenters. The van der Waals surface area contributed by atoms with Crippen molar-refractivity contribution in [1.29, 1.82) is 0 Å². The average molecular weight is 461 g/mol. The minimum absolute atomic E-state index is 0. The molecule has 0 fully saturated rings. The summed E-state index contributed by atoms with van der Waals surface area (Å²) in [5.41, 5.74) is 0. The molecule has 0 aromatic rings. The monoisotopic (exact) mass is 462 g/mol. The van der Waals surface area contributed by atoms with Gasteiger partial charge in [-0.2, -0.15) is 0 Å². The molecule has 0 atom stereocenters. The van der Waals surface area contributed by atoms with Gasteiger partial charge in [0, 0.05) is 0 Å². The molecule has 0 rings (SSSR count). The minimum Gasteiger partial charge on any atom is -0.107 e. The molecule has 0 nitrogen and oxygen atoms in total. The Kier molecular flexibility index (Phi) is 32.2. The summed E-state index contributed by atoms with van der Waals surface area (Å²) >= 11 is 0.181. The van der Waals surface area contributed by atoms with Gasteiger partial charge in [-0.25, -0.2) is 0 Å². The molecule has 2 radical (unpaired) electrons. The first-order valence-electron chi connectivity index (χ1n) is 3.12. The van der Waals surface area contributed by atoms with Gasteiger partial charge in [0.1, 0.15) is 0 Å². The van der Waals surface area contributed by atoms with Gasteiger partial charge in [-0.05, 0) is 0 Å². The predicted octanol–water partition coefficient (Wildman–Crippen LogP) is 3.58. The van der Waals surface area contributed by atoms with E-state index in [1.807, 2.05) is 0 Å². The normalized spacial score (nSPS) is 7.33. The van der Waals surface area contributed by atoms with E-state index < -0.39 is 0 Å². The second kappa shape index (κ2) is 16.7. The Morgan fingerprint density at radius 3 is 1.44 bits per heavy atom. The van der Waals surface area contributed by atoms with Gasteiger partial charge >= 0.3 is 56.7 Å². The van der Waals surface area contributed by atoms with Gasteiger partial charge in [0.25, 0.3) is 0 Å². The summed E-state index contributed by atoms with van der Waals surface area (Å²) in [6.45, 7) is 4.58. The molecule has 0 spiro atoms.